The van der Waals surface area contributed by atoms with E-state index in [1.54, 1.807) is 7.11 Å². The number of hydrogen-bond acceptors (Lipinski definition) is 5. The lowest BCUT2D eigenvalue weighted by Gasteiger charge is -2.13. The van der Waals surface area contributed by atoms with Crippen molar-refractivity contribution in [3.8, 4) is 17.2 Å². The summed E-state index contributed by atoms with van der Waals surface area (Å²) in [6, 6.07) is 10.4. The molecule has 2 atom stereocenters. The van der Waals surface area contributed by atoms with E-state index in [9.17, 15) is 14.7 Å². The summed E-state index contributed by atoms with van der Waals surface area (Å²) in [7, 11) is 4.47. The molecular weight excluding hydrogens is 350 g/mol. The van der Waals surface area contributed by atoms with E-state index in [1.165, 1.54) is 26.4 Å². The van der Waals surface area contributed by atoms with Gasteiger partial charge in [0, 0.05) is 18.1 Å². The number of carbonyl (C=O) groups is 2. The molecule has 1 saturated carbocycles. The van der Waals surface area contributed by atoms with Crippen LogP contribution in [0.4, 0.5) is 5.69 Å². The zero-order valence-electron chi connectivity index (χ0n) is 15.3. The van der Waals surface area contributed by atoms with Crippen molar-refractivity contribution in [1.82, 2.24) is 0 Å². The van der Waals surface area contributed by atoms with E-state index in [-0.39, 0.29) is 34.7 Å². The fourth-order valence-corrected chi connectivity index (χ4v) is 3.09. The topological polar surface area (TPSA) is 94.1 Å². The van der Waals surface area contributed by atoms with Crippen molar-refractivity contribution in [1.29, 1.82) is 0 Å². The summed E-state index contributed by atoms with van der Waals surface area (Å²) in [6.45, 7) is 0. The van der Waals surface area contributed by atoms with Gasteiger partial charge in [0.05, 0.1) is 32.6 Å². The van der Waals surface area contributed by atoms with Crippen LogP contribution in [-0.2, 0) is 4.79 Å². The Hall–Kier alpha value is -3.22. The van der Waals surface area contributed by atoms with Gasteiger partial charge in [-0.2, -0.15) is 0 Å². The average molecular weight is 371 g/mol. The molecule has 0 spiro atoms. The van der Waals surface area contributed by atoms with Gasteiger partial charge < -0.3 is 24.6 Å². The number of ether oxygens (including phenoxy) is 3. The Kier molecular flexibility index (Phi) is 5.21. The SMILES string of the molecule is COc1ccc(C2CC2C(=O)Nc2cc(OC)c(OC)cc2C(=O)O)cc1. The summed E-state index contributed by atoms with van der Waals surface area (Å²) in [5.74, 6) is -0.0654. The van der Waals surface area contributed by atoms with Crippen molar-refractivity contribution in [2.24, 2.45) is 5.92 Å². The predicted octanol–water partition coefficient (Wildman–Crippen LogP) is 3.15. The summed E-state index contributed by atoms with van der Waals surface area (Å²) in [5, 5.41) is 12.2. The molecule has 27 heavy (non-hydrogen) atoms. The van der Waals surface area contributed by atoms with Crippen molar-refractivity contribution < 1.29 is 28.9 Å². The number of carboxylic acid groups (broad SMARTS) is 1. The van der Waals surface area contributed by atoms with Crippen LogP contribution in [0.3, 0.4) is 0 Å². The molecule has 0 heterocycles. The van der Waals surface area contributed by atoms with E-state index in [1.807, 2.05) is 24.3 Å². The number of amides is 1. The Labute approximate surface area is 156 Å². The maximum Gasteiger partial charge on any atom is 0.337 e. The van der Waals surface area contributed by atoms with Gasteiger partial charge in [0.1, 0.15) is 5.75 Å². The van der Waals surface area contributed by atoms with Gasteiger partial charge in [-0.05, 0) is 30.0 Å². The molecule has 2 N–H and O–H groups in total. The second-order valence-corrected chi connectivity index (χ2v) is 6.27. The highest BCUT2D eigenvalue weighted by Crippen LogP contribution is 2.48. The van der Waals surface area contributed by atoms with E-state index in [2.05, 4.69) is 5.32 Å². The summed E-state index contributed by atoms with van der Waals surface area (Å²) < 4.78 is 15.5. The Bertz CT molecular complexity index is 862. The molecule has 1 amide bonds. The number of methoxy groups -OCH3 is 3. The molecule has 1 fully saturated rings. The number of carbonyl (C=O) groups excluding carboxylic acids is 1. The summed E-state index contributed by atoms with van der Waals surface area (Å²) >= 11 is 0. The van der Waals surface area contributed by atoms with Crippen LogP contribution in [0, 0.1) is 5.92 Å². The second kappa shape index (κ2) is 7.57. The Morgan fingerprint density at radius 3 is 2.19 bits per heavy atom. The van der Waals surface area contributed by atoms with Crippen molar-refractivity contribution in [2.75, 3.05) is 26.6 Å². The fourth-order valence-electron chi connectivity index (χ4n) is 3.09. The zero-order valence-corrected chi connectivity index (χ0v) is 15.3. The largest absolute Gasteiger partial charge is 0.497 e. The fraction of sp³-hybridized carbons (Fsp3) is 0.300. The third kappa shape index (κ3) is 3.81. The standard InChI is InChI=1S/C20H21NO6/c1-25-12-6-4-11(5-7-12)13-8-14(13)19(22)21-16-10-18(27-3)17(26-2)9-15(16)20(23)24/h4-7,9-10,13-14H,8H2,1-3H3,(H,21,22)(H,23,24). The zero-order chi connectivity index (χ0) is 19.6. The first-order chi connectivity index (χ1) is 13.0. The van der Waals surface area contributed by atoms with Crippen LogP contribution in [0.5, 0.6) is 17.2 Å². The van der Waals surface area contributed by atoms with Gasteiger partial charge in [-0.1, -0.05) is 12.1 Å². The molecule has 2 aromatic rings. The number of aromatic carboxylic acids is 1. The van der Waals surface area contributed by atoms with E-state index in [4.69, 9.17) is 14.2 Å². The molecule has 2 unspecified atom stereocenters. The van der Waals surface area contributed by atoms with Crippen LogP contribution in [0.25, 0.3) is 0 Å². The van der Waals surface area contributed by atoms with Crippen LogP contribution < -0.4 is 19.5 Å². The molecular formula is C20H21NO6. The molecule has 0 aromatic heterocycles. The normalized spacial score (nSPS) is 17.7. The van der Waals surface area contributed by atoms with Gasteiger partial charge in [-0.3, -0.25) is 4.79 Å². The first-order valence-corrected chi connectivity index (χ1v) is 8.42. The summed E-state index contributed by atoms with van der Waals surface area (Å²) in [6.07, 6.45) is 0.716. The third-order valence-corrected chi connectivity index (χ3v) is 4.68. The smallest absolute Gasteiger partial charge is 0.337 e. The average Bonchev–Trinajstić information content (AvgIpc) is 3.48. The number of anilines is 1. The summed E-state index contributed by atoms with van der Waals surface area (Å²) in [5.41, 5.74) is 1.19. The first-order valence-electron chi connectivity index (χ1n) is 8.42. The van der Waals surface area contributed by atoms with Crippen molar-refractivity contribution in [3.05, 3.63) is 47.5 Å². The molecule has 7 nitrogen and oxygen atoms in total. The lowest BCUT2D eigenvalue weighted by atomic mass is 10.1. The predicted molar refractivity (Wildman–Crippen MR) is 99.0 cm³/mol. The molecule has 142 valence electrons. The molecule has 0 bridgehead atoms. The van der Waals surface area contributed by atoms with Gasteiger partial charge >= 0.3 is 5.97 Å². The molecule has 1 aliphatic rings. The highest BCUT2D eigenvalue weighted by Gasteiger charge is 2.44. The van der Waals surface area contributed by atoms with Gasteiger partial charge in [-0.25, -0.2) is 4.79 Å². The van der Waals surface area contributed by atoms with Crippen molar-refractivity contribution >= 4 is 17.6 Å². The number of rotatable bonds is 7. The van der Waals surface area contributed by atoms with E-state index in [0.29, 0.717) is 12.2 Å². The minimum absolute atomic E-state index is 0.0531. The van der Waals surface area contributed by atoms with Gasteiger partial charge in [-0.15, -0.1) is 0 Å². The van der Waals surface area contributed by atoms with Gasteiger partial charge in [0.2, 0.25) is 5.91 Å². The van der Waals surface area contributed by atoms with Gasteiger partial charge in [0.25, 0.3) is 0 Å². The molecule has 2 aromatic carbocycles. The monoisotopic (exact) mass is 371 g/mol. The summed E-state index contributed by atoms with van der Waals surface area (Å²) in [4.78, 5) is 24.2. The van der Waals surface area contributed by atoms with Gasteiger partial charge in [0.15, 0.2) is 11.5 Å². The maximum atomic E-state index is 12.6. The van der Waals surface area contributed by atoms with E-state index < -0.39 is 5.97 Å². The molecule has 0 saturated heterocycles. The minimum atomic E-state index is -1.16. The van der Waals surface area contributed by atoms with Crippen LogP contribution in [0.1, 0.15) is 28.3 Å². The Balaban J connectivity index is 1.77. The lowest BCUT2D eigenvalue weighted by Crippen LogP contribution is -2.17. The van der Waals surface area contributed by atoms with E-state index in [0.717, 1.165) is 11.3 Å². The minimum Gasteiger partial charge on any atom is -0.497 e. The molecule has 0 aliphatic heterocycles. The second-order valence-electron chi connectivity index (χ2n) is 6.27. The number of benzene rings is 2. The number of hydrogen-bond donors (Lipinski definition) is 2. The third-order valence-electron chi connectivity index (χ3n) is 4.68. The van der Waals surface area contributed by atoms with Crippen LogP contribution in [-0.4, -0.2) is 38.3 Å². The Morgan fingerprint density at radius 2 is 1.63 bits per heavy atom. The van der Waals surface area contributed by atoms with Crippen molar-refractivity contribution in [3.63, 3.8) is 0 Å². The van der Waals surface area contributed by atoms with Crippen LogP contribution in [0.2, 0.25) is 0 Å². The number of carboxylic acids is 1. The highest BCUT2D eigenvalue weighted by molar-refractivity contribution is 6.03. The molecule has 0 radical (unpaired) electrons. The quantitative estimate of drug-likeness (QED) is 0.776. The van der Waals surface area contributed by atoms with E-state index >= 15 is 0 Å². The first kappa shape index (κ1) is 18.6. The molecule has 7 heteroatoms. The number of nitrogens with one attached hydrogen (secondary N) is 1. The Morgan fingerprint density at radius 1 is 1.00 bits per heavy atom. The van der Waals surface area contributed by atoms with Crippen LogP contribution in [0.15, 0.2) is 36.4 Å². The molecule has 1 aliphatic carbocycles. The lowest BCUT2D eigenvalue weighted by molar-refractivity contribution is -0.117. The van der Waals surface area contributed by atoms with Crippen molar-refractivity contribution in [2.45, 2.75) is 12.3 Å². The molecule has 3 rings (SSSR count). The maximum absolute atomic E-state index is 12.6. The van der Waals surface area contributed by atoms with Crippen LogP contribution >= 0.6 is 0 Å². The highest BCUT2D eigenvalue weighted by atomic mass is 16.5.